The van der Waals surface area contributed by atoms with Crippen LogP contribution >= 0.6 is 0 Å². The number of carbonyl (C=O) groups is 6. The number of likely N-dealkylation sites (N-methyl/N-ethyl adjacent to an activating group) is 5. The van der Waals surface area contributed by atoms with Crippen LogP contribution in [0.3, 0.4) is 0 Å². The highest BCUT2D eigenvalue weighted by atomic mass is 16.3. The molecule has 0 aliphatic rings. The molecule has 1 aromatic rings. The third kappa shape index (κ3) is 13.1. The fraction of sp³-hybridized carbons (Fsp3) is 0.721. The Morgan fingerprint density at radius 2 is 0.862 bits per heavy atom. The van der Waals surface area contributed by atoms with Crippen molar-refractivity contribution in [3.8, 4) is 5.75 Å². The van der Waals surface area contributed by atoms with E-state index < -0.39 is 83.7 Å². The van der Waals surface area contributed by atoms with Crippen molar-refractivity contribution >= 4 is 35.4 Å². The lowest BCUT2D eigenvalue weighted by Crippen LogP contribution is -2.63. The summed E-state index contributed by atoms with van der Waals surface area (Å²) in [4.78, 5) is 89.6. The van der Waals surface area contributed by atoms with Crippen molar-refractivity contribution in [3.05, 3.63) is 29.8 Å². The maximum Gasteiger partial charge on any atom is 0.246 e. The number of nitrogens with zero attached hydrogens (tertiary/aromatic N) is 4. The highest BCUT2D eigenvalue weighted by molar-refractivity contribution is 5.97. The fourth-order valence-electron chi connectivity index (χ4n) is 7.65. The van der Waals surface area contributed by atoms with E-state index in [-0.39, 0.29) is 41.9 Å². The van der Waals surface area contributed by atoms with Gasteiger partial charge in [0.05, 0.1) is 12.1 Å². The van der Waals surface area contributed by atoms with E-state index in [2.05, 4.69) is 16.0 Å². The molecule has 0 saturated heterocycles. The SMILES string of the molecule is CN[C@H](C(=O)N[C@H](C(=O)N(C)[C@H](C(=O)N(C)[C@H](C(=O)N(C)[C@H](C(=O)N(C)[C@H](C(=O)NCC(O)c1ccc(O)cc1)C(C)C)C(C)C)C(C)C)C(C)C)C(C)C)C(C)C. The standard InChI is InChI=1S/C43H75N7O8/c1-23(2)32(44-13)38(53)46-33(24(3)4)40(55)48(15)35(26(7)8)42(57)50(17)37(28(11)12)43(58)49(16)36(27(9)10)41(56)47(14)34(25(5)6)39(54)45-22-31(52)29-18-20-30(51)21-19-29/h18-21,23-28,31-37,44,51-52H,22H2,1-17H3,(H,45,54)(H,46,53)/t31?,32-,33-,34-,35-,36-,37-/m0/s1. The minimum Gasteiger partial charge on any atom is -0.508 e. The van der Waals surface area contributed by atoms with Crippen LogP contribution in [0.25, 0.3) is 0 Å². The van der Waals surface area contributed by atoms with Crippen LogP contribution in [0.2, 0.25) is 0 Å². The molecule has 0 aromatic heterocycles. The lowest BCUT2D eigenvalue weighted by Gasteiger charge is -2.42. The maximum atomic E-state index is 14.5. The molecule has 0 aliphatic heterocycles. The van der Waals surface area contributed by atoms with Gasteiger partial charge in [-0.15, -0.1) is 0 Å². The number of phenolic OH excluding ortho intramolecular Hbond substituents is 1. The van der Waals surface area contributed by atoms with E-state index in [4.69, 9.17) is 0 Å². The largest absolute Gasteiger partial charge is 0.508 e. The molecule has 0 radical (unpaired) electrons. The van der Waals surface area contributed by atoms with Gasteiger partial charge in [-0.3, -0.25) is 28.8 Å². The Labute approximate surface area is 347 Å². The summed E-state index contributed by atoms with van der Waals surface area (Å²) in [7, 11) is 7.78. The van der Waals surface area contributed by atoms with Crippen LogP contribution in [-0.4, -0.2) is 143 Å². The summed E-state index contributed by atoms with van der Waals surface area (Å²) in [6, 6.07) is 0.606. The summed E-state index contributed by atoms with van der Waals surface area (Å²) in [5, 5.41) is 28.9. The lowest BCUT2D eigenvalue weighted by molar-refractivity contribution is -0.157. The summed E-state index contributed by atoms with van der Waals surface area (Å²) in [6.45, 7) is 21.8. The topological polar surface area (TPSA) is 192 Å². The molecule has 0 fully saturated rings. The van der Waals surface area contributed by atoms with Crippen molar-refractivity contribution in [2.75, 3.05) is 41.8 Å². The first-order valence-corrected chi connectivity index (χ1v) is 20.5. The van der Waals surface area contributed by atoms with Gasteiger partial charge in [0, 0.05) is 34.7 Å². The van der Waals surface area contributed by atoms with Crippen LogP contribution in [0.5, 0.6) is 5.75 Å². The number of phenols is 1. The number of hydrogen-bond acceptors (Lipinski definition) is 9. The van der Waals surface area contributed by atoms with Gasteiger partial charge in [0.15, 0.2) is 0 Å². The molecule has 0 spiro atoms. The highest BCUT2D eigenvalue weighted by Crippen LogP contribution is 2.24. The molecule has 1 rings (SSSR count). The Morgan fingerprint density at radius 3 is 1.19 bits per heavy atom. The Balaban J connectivity index is 3.40. The molecule has 0 saturated carbocycles. The number of aliphatic hydroxyl groups is 1. The Bertz CT molecular complexity index is 1530. The molecular weight excluding hydrogens is 743 g/mol. The Kier molecular flexibility index (Phi) is 20.3. The van der Waals surface area contributed by atoms with E-state index in [0.717, 1.165) is 0 Å². The Morgan fingerprint density at radius 1 is 0.517 bits per heavy atom. The van der Waals surface area contributed by atoms with E-state index >= 15 is 0 Å². The molecule has 5 N–H and O–H groups in total. The summed E-state index contributed by atoms with van der Waals surface area (Å²) >= 11 is 0. The monoisotopic (exact) mass is 818 g/mol. The molecular formula is C43H75N7O8. The van der Waals surface area contributed by atoms with Gasteiger partial charge in [-0.2, -0.15) is 0 Å². The average Bonchev–Trinajstić information content (AvgIpc) is 3.12. The van der Waals surface area contributed by atoms with Crippen molar-refractivity contribution in [1.82, 2.24) is 35.6 Å². The molecule has 0 heterocycles. The Hall–Kier alpha value is -4.24. The number of hydrogen-bond donors (Lipinski definition) is 5. The summed E-state index contributed by atoms with van der Waals surface area (Å²) < 4.78 is 0. The predicted octanol–water partition coefficient (Wildman–Crippen LogP) is 2.86. The molecule has 330 valence electrons. The molecule has 1 unspecified atom stereocenters. The number of rotatable bonds is 21. The number of benzene rings is 1. The molecule has 1 aromatic carbocycles. The van der Waals surface area contributed by atoms with Gasteiger partial charge in [-0.25, -0.2) is 0 Å². The molecule has 15 nitrogen and oxygen atoms in total. The predicted molar refractivity (Wildman–Crippen MR) is 226 cm³/mol. The van der Waals surface area contributed by atoms with Crippen LogP contribution in [0.4, 0.5) is 0 Å². The smallest absolute Gasteiger partial charge is 0.246 e. The van der Waals surface area contributed by atoms with Crippen molar-refractivity contribution in [3.63, 3.8) is 0 Å². The number of nitrogens with one attached hydrogen (secondary N) is 3. The van der Waals surface area contributed by atoms with E-state index in [1.807, 2.05) is 41.5 Å². The number of aromatic hydroxyl groups is 1. The average molecular weight is 818 g/mol. The van der Waals surface area contributed by atoms with Crippen molar-refractivity contribution in [2.24, 2.45) is 35.5 Å². The second kappa shape index (κ2) is 22.8. The van der Waals surface area contributed by atoms with Gasteiger partial charge in [-0.05, 0) is 60.3 Å². The first kappa shape index (κ1) is 51.8. The first-order chi connectivity index (χ1) is 26.7. The fourth-order valence-corrected chi connectivity index (χ4v) is 7.65. The van der Waals surface area contributed by atoms with E-state index in [1.54, 1.807) is 60.7 Å². The molecule has 6 amide bonds. The van der Waals surface area contributed by atoms with Crippen LogP contribution in [0.15, 0.2) is 24.3 Å². The molecule has 15 heteroatoms. The van der Waals surface area contributed by atoms with E-state index in [0.29, 0.717) is 5.56 Å². The van der Waals surface area contributed by atoms with E-state index in [1.165, 1.54) is 59.9 Å². The van der Waals surface area contributed by atoms with Crippen LogP contribution < -0.4 is 16.0 Å². The van der Waals surface area contributed by atoms with Gasteiger partial charge in [0.1, 0.15) is 36.0 Å². The first-order valence-electron chi connectivity index (χ1n) is 20.5. The second-order valence-corrected chi connectivity index (χ2v) is 17.6. The van der Waals surface area contributed by atoms with E-state index in [9.17, 15) is 39.0 Å². The lowest BCUT2D eigenvalue weighted by atomic mass is 9.93. The van der Waals surface area contributed by atoms with Crippen LogP contribution in [-0.2, 0) is 28.8 Å². The quantitative estimate of drug-likeness (QED) is 0.124. The third-order valence-electron chi connectivity index (χ3n) is 10.9. The zero-order valence-electron chi connectivity index (χ0n) is 38.2. The summed E-state index contributed by atoms with van der Waals surface area (Å²) in [6.07, 6.45) is -1.05. The third-order valence-corrected chi connectivity index (χ3v) is 10.9. The normalized spacial score (nSPS) is 15.4. The van der Waals surface area contributed by atoms with Crippen LogP contribution in [0, 0.1) is 35.5 Å². The minimum absolute atomic E-state index is 0.0293. The molecule has 58 heavy (non-hydrogen) atoms. The molecule has 7 atom stereocenters. The minimum atomic E-state index is -1.05. The second-order valence-electron chi connectivity index (χ2n) is 17.6. The zero-order valence-corrected chi connectivity index (χ0v) is 38.2. The van der Waals surface area contributed by atoms with Crippen LogP contribution in [0.1, 0.15) is 94.8 Å². The van der Waals surface area contributed by atoms with Crippen molar-refractivity contribution < 1.29 is 39.0 Å². The maximum absolute atomic E-state index is 14.5. The summed E-state index contributed by atoms with van der Waals surface area (Å²) in [5.74, 6) is -4.42. The van der Waals surface area contributed by atoms with Gasteiger partial charge < -0.3 is 45.8 Å². The zero-order chi connectivity index (χ0) is 45.1. The number of aliphatic hydroxyl groups excluding tert-OH is 1. The summed E-state index contributed by atoms with van der Waals surface area (Å²) in [5.41, 5.74) is 0.498. The van der Waals surface area contributed by atoms with Gasteiger partial charge >= 0.3 is 0 Å². The highest BCUT2D eigenvalue weighted by Gasteiger charge is 2.44. The van der Waals surface area contributed by atoms with Crippen molar-refractivity contribution in [2.45, 2.75) is 125 Å². The van der Waals surface area contributed by atoms with Gasteiger partial charge in [0.25, 0.3) is 0 Å². The number of amides is 6. The molecule has 0 aliphatic carbocycles. The van der Waals surface area contributed by atoms with Gasteiger partial charge in [0.2, 0.25) is 35.4 Å². The molecule has 0 bridgehead atoms. The van der Waals surface area contributed by atoms with Gasteiger partial charge in [-0.1, -0.05) is 95.2 Å². The van der Waals surface area contributed by atoms with Crippen molar-refractivity contribution in [1.29, 1.82) is 0 Å². The number of carbonyl (C=O) groups excluding carboxylic acids is 6.